The summed E-state index contributed by atoms with van der Waals surface area (Å²) in [5.41, 5.74) is -0.697. The van der Waals surface area contributed by atoms with Gasteiger partial charge in [-0.1, -0.05) is 33.0 Å². The highest BCUT2D eigenvalue weighted by atomic mass is 32.2. The summed E-state index contributed by atoms with van der Waals surface area (Å²) in [5.74, 6) is 0.880. The van der Waals surface area contributed by atoms with Crippen molar-refractivity contribution in [3.8, 4) is 0 Å². The minimum Gasteiger partial charge on any atom is -0.595 e. The first-order chi connectivity index (χ1) is 9.07. The van der Waals surface area contributed by atoms with Crippen LogP contribution in [0.25, 0.3) is 0 Å². The third kappa shape index (κ3) is 4.79. The fraction of sp³-hybridized carbons (Fsp3) is 0.846. The van der Waals surface area contributed by atoms with Crippen molar-refractivity contribution < 1.29 is 14.9 Å². The van der Waals surface area contributed by atoms with Gasteiger partial charge in [0.1, 0.15) is 11.1 Å². The van der Waals surface area contributed by atoms with E-state index in [1.54, 1.807) is 32.5 Å². The van der Waals surface area contributed by atoms with E-state index in [9.17, 15) is 10.2 Å². The summed E-state index contributed by atoms with van der Waals surface area (Å²) in [6, 6.07) is 0. The fourth-order valence-corrected chi connectivity index (χ4v) is 3.88. The molecule has 0 bridgehead atoms. The Hall–Kier alpha value is -0.530. The van der Waals surface area contributed by atoms with E-state index in [0.717, 1.165) is 5.75 Å². The summed E-state index contributed by atoms with van der Waals surface area (Å²) in [5, 5.41) is 20.9. The second kappa shape index (κ2) is 6.49. The number of nitrogens with zero attached hydrogens (tertiary/aromatic N) is 2. The maximum atomic E-state index is 11.6. The molecule has 1 fully saturated rings. The highest BCUT2D eigenvalue weighted by Gasteiger charge is 2.40. The Morgan fingerprint density at radius 3 is 2.65 bits per heavy atom. The third-order valence-corrected chi connectivity index (χ3v) is 4.67. The van der Waals surface area contributed by atoms with Crippen LogP contribution in [0.4, 0.5) is 0 Å². The molecule has 1 N–H and O–H groups in total. The van der Waals surface area contributed by atoms with Crippen LogP contribution in [0.1, 0.15) is 34.6 Å². The van der Waals surface area contributed by atoms with E-state index in [-0.39, 0.29) is 24.1 Å². The minimum atomic E-state index is -0.606. The fourth-order valence-electron chi connectivity index (χ4n) is 1.97. The van der Waals surface area contributed by atoms with Gasteiger partial charge < -0.3 is 19.8 Å². The zero-order valence-corrected chi connectivity index (χ0v) is 14.3. The number of ether oxygens (including phenoxy) is 1. The number of thiocarbonyl (C=S) groups is 1. The minimum absolute atomic E-state index is 0.0284. The van der Waals surface area contributed by atoms with Crippen LogP contribution in [0.3, 0.4) is 0 Å². The van der Waals surface area contributed by atoms with E-state index in [4.69, 9.17) is 17.0 Å². The van der Waals surface area contributed by atoms with Gasteiger partial charge in [-0.2, -0.15) is 0 Å². The lowest BCUT2D eigenvalue weighted by Crippen LogP contribution is -2.49. The van der Waals surface area contributed by atoms with Crippen molar-refractivity contribution in [2.24, 2.45) is 4.99 Å². The van der Waals surface area contributed by atoms with Crippen LogP contribution in [0, 0.1) is 0 Å². The van der Waals surface area contributed by atoms with Crippen molar-refractivity contribution in [3.63, 3.8) is 0 Å². The van der Waals surface area contributed by atoms with Gasteiger partial charge in [0.25, 0.3) is 0 Å². The molecule has 0 aliphatic carbocycles. The molecular weight excluding hydrogens is 296 g/mol. The molecule has 0 amide bonds. The molecule has 1 saturated heterocycles. The van der Waals surface area contributed by atoms with Crippen LogP contribution in [0.5, 0.6) is 0 Å². The number of hydrogen-bond donors (Lipinski definition) is 1. The summed E-state index contributed by atoms with van der Waals surface area (Å²) < 4.78 is 5.12. The molecule has 1 rings (SSSR count). The Labute approximate surface area is 130 Å². The van der Waals surface area contributed by atoms with Gasteiger partial charge >= 0.3 is 0 Å². The van der Waals surface area contributed by atoms with Crippen LogP contribution in [-0.2, 0) is 4.74 Å². The SMILES string of the molecule is CC(C)(C)OC([O-])=NCC(=S)N1C(CO)SCC1(C)C. The van der Waals surface area contributed by atoms with Crippen molar-refractivity contribution in [3.05, 3.63) is 0 Å². The molecule has 0 aromatic carbocycles. The highest BCUT2D eigenvalue weighted by molar-refractivity contribution is 8.00. The maximum Gasteiger partial charge on any atom is 0.146 e. The number of hydrogen-bond acceptors (Lipinski definition) is 6. The Morgan fingerprint density at radius 2 is 2.15 bits per heavy atom. The number of aliphatic hydroxyl groups is 1. The number of rotatable bonds is 3. The average Bonchev–Trinajstić information content (AvgIpc) is 2.59. The molecule has 116 valence electrons. The largest absolute Gasteiger partial charge is 0.595 e. The number of aliphatic imine (C=N–C) groups is 1. The monoisotopic (exact) mass is 319 g/mol. The van der Waals surface area contributed by atoms with E-state index in [0.29, 0.717) is 4.99 Å². The van der Waals surface area contributed by atoms with Crippen molar-refractivity contribution in [1.82, 2.24) is 4.90 Å². The van der Waals surface area contributed by atoms with E-state index in [1.807, 2.05) is 4.90 Å². The van der Waals surface area contributed by atoms with E-state index < -0.39 is 11.7 Å². The van der Waals surface area contributed by atoms with Crippen molar-refractivity contribution in [2.45, 2.75) is 51.1 Å². The van der Waals surface area contributed by atoms with E-state index >= 15 is 0 Å². The molecule has 7 heteroatoms. The third-order valence-electron chi connectivity index (χ3n) is 2.73. The zero-order chi connectivity index (χ0) is 15.6. The van der Waals surface area contributed by atoms with Crippen LogP contribution < -0.4 is 5.11 Å². The Morgan fingerprint density at radius 1 is 1.55 bits per heavy atom. The Balaban J connectivity index is 2.68. The summed E-state index contributed by atoms with van der Waals surface area (Å²) in [6.07, 6.45) is -0.606. The maximum absolute atomic E-state index is 11.6. The second-order valence-corrected chi connectivity index (χ2v) is 7.96. The molecule has 0 aromatic rings. The first-order valence-electron chi connectivity index (χ1n) is 6.52. The molecule has 1 aliphatic rings. The molecule has 0 spiro atoms. The normalized spacial score (nSPS) is 23.0. The first-order valence-corrected chi connectivity index (χ1v) is 7.97. The van der Waals surface area contributed by atoms with Gasteiger partial charge in [-0.25, -0.2) is 0 Å². The summed E-state index contributed by atoms with van der Waals surface area (Å²) in [6.45, 7) is 9.65. The Bertz CT molecular complexity index is 392. The van der Waals surface area contributed by atoms with Gasteiger partial charge in [-0.05, 0) is 13.8 Å². The topological polar surface area (TPSA) is 68.1 Å². The summed E-state index contributed by atoms with van der Waals surface area (Å²) in [7, 11) is 0. The van der Waals surface area contributed by atoms with Crippen LogP contribution in [-0.4, -0.2) is 56.5 Å². The lowest BCUT2D eigenvalue weighted by molar-refractivity contribution is -0.260. The number of aliphatic hydroxyl groups excluding tert-OH is 1. The van der Waals surface area contributed by atoms with Gasteiger partial charge in [0.05, 0.1) is 18.5 Å². The van der Waals surface area contributed by atoms with E-state index in [1.165, 1.54) is 0 Å². The van der Waals surface area contributed by atoms with Gasteiger partial charge in [-0.3, -0.25) is 4.99 Å². The average molecular weight is 319 g/mol. The molecule has 5 nitrogen and oxygen atoms in total. The zero-order valence-electron chi connectivity index (χ0n) is 12.7. The highest BCUT2D eigenvalue weighted by Crippen LogP contribution is 2.36. The molecule has 0 radical (unpaired) electrons. The Kier molecular flexibility index (Phi) is 5.69. The molecule has 1 heterocycles. The standard InChI is InChI=1S/C13H24N2O3S2/c1-12(2,3)18-11(17)14-6-9(19)15-10(7-16)20-8-13(15,4)5/h10,16H,6-8H2,1-5H3,(H,14,17)/p-1. The van der Waals surface area contributed by atoms with Crippen LogP contribution in [0.15, 0.2) is 4.99 Å². The lowest BCUT2D eigenvalue weighted by atomic mass is 10.1. The summed E-state index contributed by atoms with van der Waals surface area (Å²) in [4.78, 5) is 6.39. The van der Waals surface area contributed by atoms with Gasteiger partial charge in [0, 0.05) is 16.9 Å². The van der Waals surface area contributed by atoms with Crippen molar-refractivity contribution >= 4 is 35.1 Å². The second-order valence-electron chi connectivity index (χ2n) is 6.32. The van der Waals surface area contributed by atoms with Gasteiger partial charge in [0.2, 0.25) is 0 Å². The summed E-state index contributed by atoms with van der Waals surface area (Å²) >= 11 is 7.03. The van der Waals surface area contributed by atoms with Crippen LogP contribution in [0.2, 0.25) is 0 Å². The predicted molar refractivity (Wildman–Crippen MR) is 85.0 cm³/mol. The van der Waals surface area contributed by atoms with Crippen molar-refractivity contribution in [2.75, 3.05) is 18.9 Å². The lowest BCUT2D eigenvalue weighted by Gasteiger charge is -2.36. The first kappa shape index (κ1) is 17.5. The molecule has 1 atom stereocenters. The quantitative estimate of drug-likeness (QED) is 0.475. The molecule has 0 aromatic heterocycles. The molecule has 1 aliphatic heterocycles. The van der Waals surface area contributed by atoms with Gasteiger partial charge in [0.15, 0.2) is 0 Å². The van der Waals surface area contributed by atoms with E-state index in [2.05, 4.69) is 18.8 Å². The smallest absolute Gasteiger partial charge is 0.146 e. The van der Waals surface area contributed by atoms with Crippen molar-refractivity contribution in [1.29, 1.82) is 0 Å². The van der Waals surface area contributed by atoms with Gasteiger partial charge in [-0.15, -0.1) is 11.8 Å². The number of thioether (sulfide) groups is 1. The molecule has 1 unspecified atom stereocenters. The van der Waals surface area contributed by atoms with Crippen LogP contribution >= 0.6 is 24.0 Å². The predicted octanol–water partition coefficient (Wildman–Crippen LogP) is 0.991. The molecule has 0 saturated carbocycles. The molecule has 20 heavy (non-hydrogen) atoms. The molecular formula is C13H23N2O3S2-.